The average Bonchev–Trinajstić information content (AvgIpc) is 3.31. The lowest BCUT2D eigenvalue weighted by Crippen LogP contribution is -2.57. The van der Waals surface area contributed by atoms with Gasteiger partial charge in [-0.15, -0.1) is 0 Å². The summed E-state index contributed by atoms with van der Waals surface area (Å²) >= 11 is 0. The summed E-state index contributed by atoms with van der Waals surface area (Å²) in [5.74, 6) is -3.94. The number of carboxylic acids is 2. The van der Waals surface area contributed by atoms with Gasteiger partial charge in [0.25, 0.3) is 0 Å². The minimum absolute atomic E-state index is 0.0932. The zero-order valence-electron chi connectivity index (χ0n) is 20.1. The molecule has 3 amide bonds. The first-order valence-corrected chi connectivity index (χ1v) is 12.1. The fourth-order valence-corrected chi connectivity index (χ4v) is 3.96. The van der Waals surface area contributed by atoms with Crippen molar-refractivity contribution in [1.29, 1.82) is 0 Å². The van der Waals surface area contributed by atoms with Crippen LogP contribution in [0.25, 0.3) is 0 Å². The van der Waals surface area contributed by atoms with Crippen molar-refractivity contribution in [3.63, 3.8) is 0 Å². The molecule has 1 aliphatic rings. The zero-order valence-corrected chi connectivity index (χ0v) is 20.1. The van der Waals surface area contributed by atoms with Gasteiger partial charge in [0, 0.05) is 13.0 Å². The molecule has 200 valence electrons. The standard InChI is InChI=1S/C22H40N6O7/c23-11-3-1-6-15(26-19(31)14(25)9-10-18(29)30)20(32)27-16(7-2-4-12-24)21(33)28-13-5-8-17(28)22(34)35/h14-17H,1-13,23-25H2,(H,26,31)(H,27,32)(H,29,30)(H,34,35). The van der Waals surface area contributed by atoms with Crippen molar-refractivity contribution < 1.29 is 34.2 Å². The number of nitrogens with one attached hydrogen (secondary N) is 2. The Morgan fingerprint density at radius 3 is 1.97 bits per heavy atom. The third-order valence-corrected chi connectivity index (χ3v) is 5.97. The summed E-state index contributed by atoms with van der Waals surface area (Å²) in [4.78, 5) is 62.4. The molecule has 1 rings (SSSR count). The van der Waals surface area contributed by atoms with E-state index in [2.05, 4.69) is 10.6 Å². The highest BCUT2D eigenvalue weighted by atomic mass is 16.4. The van der Waals surface area contributed by atoms with Gasteiger partial charge in [0.05, 0.1) is 6.04 Å². The predicted octanol–water partition coefficient (Wildman–Crippen LogP) is -1.52. The van der Waals surface area contributed by atoms with E-state index in [0.717, 1.165) is 0 Å². The number of carboxylic acid groups (broad SMARTS) is 2. The van der Waals surface area contributed by atoms with Gasteiger partial charge in [-0.05, 0) is 70.9 Å². The fourth-order valence-electron chi connectivity index (χ4n) is 3.96. The summed E-state index contributed by atoms with van der Waals surface area (Å²) in [6.45, 7) is 1.09. The van der Waals surface area contributed by atoms with Crippen LogP contribution in [0.4, 0.5) is 0 Å². The molecular formula is C22H40N6O7. The number of aliphatic carboxylic acids is 2. The zero-order chi connectivity index (χ0) is 26.4. The molecule has 0 radical (unpaired) electrons. The van der Waals surface area contributed by atoms with Gasteiger partial charge in [0.1, 0.15) is 18.1 Å². The fraction of sp³-hybridized carbons (Fsp3) is 0.773. The Bertz CT molecular complexity index is 735. The van der Waals surface area contributed by atoms with E-state index in [4.69, 9.17) is 22.3 Å². The number of carbonyl (C=O) groups excluding carboxylic acids is 3. The average molecular weight is 501 g/mol. The van der Waals surface area contributed by atoms with Gasteiger partial charge in [-0.3, -0.25) is 19.2 Å². The van der Waals surface area contributed by atoms with Gasteiger partial charge >= 0.3 is 11.9 Å². The number of amides is 3. The van der Waals surface area contributed by atoms with E-state index in [1.165, 1.54) is 4.90 Å². The first-order valence-electron chi connectivity index (χ1n) is 12.1. The molecule has 0 aromatic rings. The molecule has 4 unspecified atom stereocenters. The third kappa shape index (κ3) is 10.6. The van der Waals surface area contributed by atoms with Crippen LogP contribution in [0.5, 0.6) is 0 Å². The molecule has 0 aromatic heterocycles. The molecule has 0 bridgehead atoms. The van der Waals surface area contributed by atoms with Crippen LogP contribution in [0.2, 0.25) is 0 Å². The van der Waals surface area contributed by atoms with Crippen LogP contribution in [0.3, 0.4) is 0 Å². The molecule has 0 spiro atoms. The van der Waals surface area contributed by atoms with Crippen LogP contribution in [0, 0.1) is 0 Å². The Labute approximate surface area is 205 Å². The monoisotopic (exact) mass is 500 g/mol. The van der Waals surface area contributed by atoms with Gasteiger partial charge in [0.15, 0.2) is 0 Å². The molecule has 13 nitrogen and oxygen atoms in total. The van der Waals surface area contributed by atoms with Crippen molar-refractivity contribution in [2.75, 3.05) is 19.6 Å². The SMILES string of the molecule is NCCCCC(NC(=O)C(N)CCC(=O)O)C(=O)NC(CCCCN)C(=O)N1CCCC1C(=O)O. The topological polar surface area (TPSA) is 231 Å². The summed E-state index contributed by atoms with van der Waals surface area (Å²) in [5, 5.41) is 23.5. The van der Waals surface area contributed by atoms with Crippen LogP contribution in [0.15, 0.2) is 0 Å². The van der Waals surface area contributed by atoms with Crippen molar-refractivity contribution in [2.45, 2.75) is 88.4 Å². The van der Waals surface area contributed by atoms with E-state index < -0.39 is 53.8 Å². The molecule has 13 heteroatoms. The molecule has 1 aliphatic heterocycles. The maximum Gasteiger partial charge on any atom is 0.326 e. The highest BCUT2D eigenvalue weighted by Gasteiger charge is 2.38. The molecule has 1 heterocycles. The lowest BCUT2D eigenvalue weighted by molar-refractivity contribution is -0.149. The minimum atomic E-state index is -1.11. The van der Waals surface area contributed by atoms with E-state index >= 15 is 0 Å². The van der Waals surface area contributed by atoms with Gasteiger partial charge in [-0.25, -0.2) is 4.79 Å². The Morgan fingerprint density at radius 1 is 0.857 bits per heavy atom. The van der Waals surface area contributed by atoms with Gasteiger partial charge in [0.2, 0.25) is 17.7 Å². The molecule has 0 aromatic carbocycles. The first kappa shape index (κ1) is 30.3. The number of nitrogens with two attached hydrogens (primary N) is 3. The second-order valence-corrected chi connectivity index (χ2v) is 8.76. The number of hydrogen-bond acceptors (Lipinski definition) is 8. The van der Waals surface area contributed by atoms with E-state index in [9.17, 15) is 29.1 Å². The van der Waals surface area contributed by atoms with Crippen LogP contribution >= 0.6 is 0 Å². The van der Waals surface area contributed by atoms with E-state index in [1.807, 2.05) is 0 Å². The Hall–Kier alpha value is -2.77. The first-order chi connectivity index (χ1) is 16.6. The predicted molar refractivity (Wildman–Crippen MR) is 127 cm³/mol. The largest absolute Gasteiger partial charge is 0.481 e. The van der Waals surface area contributed by atoms with Crippen molar-refractivity contribution in [1.82, 2.24) is 15.5 Å². The molecule has 4 atom stereocenters. The minimum Gasteiger partial charge on any atom is -0.481 e. The Kier molecular flexibility index (Phi) is 13.8. The molecule has 1 saturated heterocycles. The maximum absolute atomic E-state index is 13.2. The normalized spacial score (nSPS) is 17.9. The van der Waals surface area contributed by atoms with E-state index in [0.29, 0.717) is 51.6 Å². The Balaban J connectivity index is 2.96. The van der Waals surface area contributed by atoms with Gasteiger partial charge < -0.3 is 42.9 Å². The maximum atomic E-state index is 13.2. The lowest BCUT2D eigenvalue weighted by Gasteiger charge is -2.29. The molecule has 0 saturated carbocycles. The van der Waals surface area contributed by atoms with Crippen LogP contribution in [-0.2, 0) is 24.0 Å². The van der Waals surface area contributed by atoms with Gasteiger partial charge in [-0.2, -0.15) is 0 Å². The molecular weight excluding hydrogens is 460 g/mol. The number of nitrogens with zero attached hydrogens (tertiary/aromatic N) is 1. The van der Waals surface area contributed by atoms with Crippen LogP contribution in [0.1, 0.15) is 64.2 Å². The summed E-state index contributed by atoms with van der Waals surface area (Å²) in [6, 6.07) is -4.03. The number of likely N-dealkylation sites (tertiary alicyclic amines) is 1. The van der Waals surface area contributed by atoms with Crippen molar-refractivity contribution in [3.8, 4) is 0 Å². The van der Waals surface area contributed by atoms with Crippen molar-refractivity contribution in [2.24, 2.45) is 17.2 Å². The van der Waals surface area contributed by atoms with Crippen LogP contribution in [-0.4, -0.2) is 88.6 Å². The number of rotatable bonds is 17. The van der Waals surface area contributed by atoms with Crippen molar-refractivity contribution in [3.05, 3.63) is 0 Å². The summed E-state index contributed by atoms with van der Waals surface area (Å²) in [6.07, 6.45) is 3.32. The smallest absolute Gasteiger partial charge is 0.326 e. The molecule has 1 fully saturated rings. The summed E-state index contributed by atoms with van der Waals surface area (Å²) < 4.78 is 0. The Morgan fingerprint density at radius 2 is 1.43 bits per heavy atom. The second kappa shape index (κ2) is 16.0. The summed E-state index contributed by atoms with van der Waals surface area (Å²) in [7, 11) is 0. The summed E-state index contributed by atoms with van der Waals surface area (Å²) in [5.41, 5.74) is 16.9. The molecule has 10 N–H and O–H groups in total. The number of carbonyl (C=O) groups is 5. The van der Waals surface area contributed by atoms with Crippen LogP contribution < -0.4 is 27.8 Å². The third-order valence-electron chi connectivity index (χ3n) is 5.97. The second-order valence-electron chi connectivity index (χ2n) is 8.76. The lowest BCUT2D eigenvalue weighted by atomic mass is 10.0. The quantitative estimate of drug-likeness (QED) is 0.114. The number of hydrogen-bond donors (Lipinski definition) is 7. The molecule has 0 aliphatic carbocycles. The highest BCUT2D eigenvalue weighted by molar-refractivity contribution is 5.94. The van der Waals surface area contributed by atoms with E-state index in [-0.39, 0.29) is 32.2 Å². The highest BCUT2D eigenvalue weighted by Crippen LogP contribution is 2.20. The van der Waals surface area contributed by atoms with Gasteiger partial charge in [-0.1, -0.05) is 0 Å². The van der Waals surface area contributed by atoms with E-state index in [1.54, 1.807) is 0 Å². The van der Waals surface area contributed by atoms with Crippen molar-refractivity contribution >= 4 is 29.7 Å². The number of unbranched alkanes of at least 4 members (excludes halogenated alkanes) is 2. The molecule has 35 heavy (non-hydrogen) atoms.